The molecule has 0 fully saturated rings. The van der Waals surface area contributed by atoms with Crippen LogP contribution in [0.25, 0.3) is 0 Å². The third-order valence-electron chi connectivity index (χ3n) is 2.42. The molecule has 1 aromatic heterocycles. The van der Waals surface area contributed by atoms with E-state index in [4.69, 9.17) is 28.5 Å². The SMILES string of the molecule is N#Cc1ccccc1Cn1c(Cl)ncc(Cl)c1=O. The number of benzene rings is 1. The molecule has 90 valence electrons. The molecule has 0 spiro atoms. The first kappa shape index (κ1) is 12.6. The number of nitriles is 1. The van der Waals surface area contributed by atoms with Crippen LogP contribution in [-0.2, 0) is 6.54 Å². The van der Waals surface area contributed by atoms with Crippen LogP contribution in [-0.4, -0.2) is 9.55 Å². The van der Waals surface area contributed by atoms with E-state index >= 15 is 0 Å². The fourth-order valence-corrected chi connectivity index (χ4v) is 1.86. The second-order valence-corrected chi connectivity index (χ2v) is 4.28. The predicted molar refractivity (Wildman–Crippen MR) is 68.8 cm³/mol. The number of aromatic nitrogens is 2. The lowest BCUT2D eigenvalue weighted by Crippen LogP contribution is -2.23. The van der Waals surface area contributed by atoms with Gasteiger partial charge in [0.1, 0.15) is 5.02 Å². The number of rotatable bonds is 2. The van der Waals surface area contributed by atoms with Crippen molar-refractivity contribution < 1.29 is 0 Å². The van der Waals surface area contributed by atoms with Crippen LogP contribution in [0.3, 0.4) is 0 Å². The highest BCUT2D eigenvalue weighted by Gasteiger charge is 2.09. The summed E-state index contributed by atoms with van der Waals surface area (Å²) in [7, 11) is 0. The molecule has 0 radical (unpaired) electrons. The van der Waals surface area contributed by atoms with Gasteiger partial charge in [-0.15, -0.1) is 0 Å². The van der Waals surface area contributed by atoms with E-state index in [9.17, 15) is 4.79 Å². The van der Waals surface area contributed by atoms with Crippen LogP contribution in [0.5, 0.6) is 0 Å². The van der Waals surface area contributed by atoms with Crippen molar-refractivity contribution in [2.45, 2.75) is 6.54 Å². The Morgan fingerprint density at radius 3 is 2.78 bits per heavy atom. The van der Waals surface area contributed by atoms with E-state index in [-0.39, 0.29) is 16.9 Å². The topological polar surface area (TPSA) is 58.7 Å². The van der Waals surface area contributed by atoms with Crippen molar-refractivity contribution in [1.82, 2.24) is 9.55 Å². The standard InChI is InChI=1S/C12H7Cl2N3O/c13-10-6-16-12(14)17(11(10)18)7-9-4-2-1-3-8(9)5-15/h1-4,6H,7H2. The Kier molecular flexibility index (Phi) is 3.66. The maximum absolute atomic E-state index is 11.8. The first-order chi connectivity index (χ1) is 8.63. The van der Waals surface area contributed by atoms with Crippen molar-refractivity contribution in [3.63, 3.8) is 0 Å². The summed E-state index contributed by atoms with van der Waals surface area (Å²) in [4.78, 5) is 15.6. The van der Waals surface area contributed by atoms with Crippen LogP contribution in [0.2, 0.25) is 10.3 Å². The quantitative estimate of drug-likeness (QED) is 0.794. The van der Waals surface area contributed by atoms with E-state index in [0.717, 1.165) is 0 Å². The van der Waals surface area contributed by atoms with Gasteiger partial charge in [-0.2, -0.15) is 5.26 Å². The van der Waals surface area contributed by atoms with Crippen LogP contribution < -0.4 is 5.56 Å². The molecule has 0 bridgehead atoms. The second kappa shape index (κ2) is 5.21. The van der Waals surface area contributed by atoms with Gasteiger partial charge < -0.3 is 0 Å². The Morgan fingerprint density at radius 1 is 1.33 bits per heavy atom. The van der Waals surface area contributed by atoms with Gasteiger partial charge in [-0.05, 0) is 23.2 Å². The number of hydrogen-bond donors (Lipinski definition) is 0. The van der Waals surface area contributed by atoms with Gasteiger partial charge in [0.05, 0.1) is 24.4 Å². The maximum atomic E-state index is 11.8. The normalized spacial score (nSPS) is 10.1. The fraction of sp³-hybridized carbons (Fsp3) is 0.0833. The van der Waals surface area contributed by atoms with Crippen LogP contribution in [0.1, 0.15) is 11.1 Å². The third kappa shape index (κ3) is 2.37. The Hall–Kier alpha value is -1.83. The molecule has 0 saturated carbocycles. The van der Waals surface area contributed by atoms with E-state index in [1.165, 1.54) is 10.8 Å². The highest BCUT2D eigenvalue weighted by atomic mass is 35.5. The summed E-state index contributed by atoms with van der Waals surface area (Å²) >= 11 is 11.6. The molecule has 1 aromatic carbocycles. The van der Waals surface area contributed by atoms with Crippen LogP contribution in [0.4, 0.5) is 0 Å². The number of halogens is 2. The summed E-state index contributed by atoms with van der Waals surface area (Å²) in [5, 5.41) is 9.01. The zero-order chi connectivity index (χ0) is 13.1. The summed E-state index contributed by atoms with van der Waals surface area (Å²) in [5.74, 6) is 0. The minimum absolute atomic E-state index is 0.00570. The molecular formula is C12H7Cl2N3O. The Balaban J connectivity index is 2.51. The van der Waals surface area contributed by atoms with E-state index in [1.807, 2.05) is 0 Å². The summed E-state index contributed by atoms with van der Waals surface area (Å²) in [5.41, 5.74) is 0.748. The molecule has 0 aliphatic heterocycles. The first-order valence-electron chi connectivity index (χ1n) is 5.02. The molecule has 6 heteroatoms. The number of nitrogens with zero attached hydrogens (tertiary/aromatic N) is 3. The van der Waals surface area contributed by atoms with E-state index in [0.29, 0.717) is 11.1 Å². The summed E-state index contributed by atoms with van der Waals surface area (Å²) in [6.45, 7) is 0.162. The highest BCUT2D eigenvalue weighted by Crippen LogP contribution is 2.12. The van der Waals surface area contributed by atoms with Crippen molar-refractivity contribution in [1.29, 1.82) is 5.26 Å². The zero-order valence-corrected chi connectivity index (χ0v) is 10.6. The largest absolute Gasteiger partial charge is 0.277 e. The Bertz CT molecular complexity index is 688. The molecule has 0 atom stereocenters. The van der Waals surface area contributed by atoms with E-state index in [2.05, 4.69) is 11.1 Å². The lowest BCUT2D eigenvalue weighted by atomic mass is 10.1. The van der Waals surface area contributed by atoms with Gasteiger partial charge in [-0.3, -0.25) is 9.36 Å². The van der Waals surface area contributed by atoms with Crippen molar-refractivity contribution in [2.24, 2.45) is 0 Å². The predicted octanol–water partition coefficient (Wildman–Crippen LogP) is 2.47. The molecule has 0 saturated heterocycles. The van der Waals surface area contributed by atoms with Gasteiger partial charge in [0.2, 0.25) is 5.28 Å². The molecular weight excluding hydrogens is 273 g/mol. The molecule has 18 heavy (non-hydrogen) atoms. The van der Waals surface area contributed by atoms with Gasteiger partial charge in [-0.1, -0.05) is 29.8 Å². The molecule has 0 aliphatic carbocycles. The van der Waals surface area contributed by atoms with Gasteiger partial charge >= 0.3 is 0 Å². The summed E-state index contributed by atoms with van der Waals surface area (Å²) in [6.07, 6.45) is 1.21. The molecule has 0 N–H and O–H groups in total. The first-order valence-corrected chi connectivity index (χ1v) is 5.78. The highest BCUT2D eigenvalue weighted by molar-refractivity contribution is 6.31. The molecule has 4 nitrogen and oxygen atoms in total. The molecule has 0 amide bonds. The lowest BCUT2D eigenvalue weighted by molar-refractivity contribution is 0.736. The average Bonchev–Trinajstić information content (AvgIpc) is 2.39. The van der Waals surface area contributed by atoms with E-state index in [1.54, 1.807) is 24.3 Å². The van der Waals surface area contributed by atoms with Crippen molar-refractivity contribution in [2.75, 3.05) is 0 Å². The van der Waals surface area contributed by atoms with Crippen LogP contribution in [0.15, 0.2) is 35.3 Å². The minimum atomic E-state index is -0.426. The zero-order valence-electron chi connectivity index (χ0n) is 9.10. The van der Waals surface area contributed by atoms with Crippen molar-refractivity contribution >= 4 is 23.2 Å². The second-order valence-electron chi connectivity index (χ2n) is 3.54. The smallest absolute Gasteiger partial charge is 0.273 e. The fourth-order valence-electron chi connectivity index (χ4n) is 1.52. The number of hydrogen-bond acceptors (Lipinski definition) is 3. The molecule has 0 unspecified atom stereocenters. The molecule has 0 aliphatic rings. The van der Waals surface area contributed by atoms with Gasteiger partial charge in [0.15, 0.2) is 0 Å². The van der Waals surface area contributed by atoms with Crippen LogP contribution >= 0.6 is 23.2 Å². The summed E-state index contributed by atoms with van der Waals surface area (Å²) in [6, 6.07) is 9.02. The Morgan fingerprint density at radius 2 is 2.06 bits per heavy atom. The minimum Gasteiger partial charge on any atom is -0.277 e. The van der Waals surface area contributed by atoms with Crippen molar-refractivity contribution in [3.05, 3.63) is 62.2 Å². The van der Waals surface area contributed by atoms with Gasteiger partial charge in [-0.25, -0.2) is 4.98 Å². The lowest BCUT2D eigenvalue weighted by Gasteiger charge is -2.08. The van der Waals surface area contributed by atoms with Gasteiger partial charge in [0.25, 0.3) is 5.56 Å². The average molecular weight is 280 g/mol. The maximum Gasteiger partial charge on any atom is 0.273 e. The third-order valence-corrected chi connectivity index (χ3v) is 2.98. The van der Waals surface area contributed by atoms with Gasteiger partial charge in [0, 0.05) is 0 Å². The molecule has 2 rings (SSSR count). The summed E-state index contributed by atoms with van der Waals surface area (Å²) < 4.78 is 1.22. The van der Waals surface area contributed by atoms with Crippen LogP contribution in [0, 0.1) is 11.3 Å². The molecule has 2 aromatic rings. The Labute approximate surface area is 113 Å². The van der Waals surface area contributed by atoms with Crippen molar-refractivity contribution in [3.8, 4) is 6.07 Å². The van der Waals surface area contributed by atoms with E-state index < -0.39 is 5.56 Å². The monoisotopic (exact) mass is 279 g/mol. The molecule has 1 heterocycles.